The average molecular weight is 308 g/mol. The molecular weight excluding hydrogens is 290 g/mol. The smallest absolute Gasteiger partial charge is 0.123 e. The minimum Gasteiger partial charge on any atom is -0.497 e. The van der Waals surface area contributed by atoms with Crippen LogP contribution < -0.4 is 14.8 Å². The summed E-state index contributed by atoms with van der Waals surface area (Å²) in [6.07, 6.45) is -0.629. The molecule has 112 valence electrons. The molecule has 0 heterocycles. The Morgan fingerprint density at radius 2 is 1.90 bits per heavy atom. The van der Waals surface area contributed by atoms with Gasteiger partial charge in [0.1, 0.15) is 24.2 Å². The van der Waals surface area contributed by atoms with Crippen LogP contribution in [0.5, 0.6) is 11.5 Å². The first-order valence-electron chi connectivity index (χ1n) is 6.62. The van der Waals surface area contributed by atoms with E-state index in [1.165, 1.54) is 0 Å². The number of hydrogen-bond donors (Lipinski definition) is 2. The van der Waals surface area contributed by atoms with E-state index < -0.39 is 6.10 Å². The molecule has 0 saturated heterocycles. The Labute approximate surface area is 129 Å². The summed E-state index contributed by atoms with van der Waals surface area (Å²) in [5.74, 6) is 1.38. The summed E-state index contributed by atoms with van der Waals surface area (Å²) in [5.41, 5.74) is 0.864. The summed E-state index contributed by atoms with van der Waals surface area (Å²) in [7, 11) is 1.60. The third-order valence-electron chi connectivity index (χ3n) is 2.85. The maximum atomic E-state index is 9.92. The molecule has 1 atom stereocenters. The molecule has 21 heavy (non-hydrogen) atoms. The number of nitrogens with one attached hydrogen (secondary N) is 1. The zero-order valence-corrected chi connectivity index (χ0v) is 12.5. The number of halogens is 1. The van der Waals surface area contributed by atoms with Gasteiger partial charge in [0.05, 0.1) is 7.11 Å². The van der Waals surface area contributed by atoms with Gasteiger partial charge in [-0.3, -0.25) is 0 Å². The van der Waals surface area contributed by atoms with E-state index >= 15 is 0 Å². The van der Waals surface area contributed by atoms with Gasteiger partial charge in [0.2, 0.25) is 0 Å². The molecule has 0 bridgehead atoms. The lowest BCUT2D eigenvalue weighted by Crippen LogP contribution is -2.26. The summed E-state index contributed by atoms with van der Waals surface area (Å²) in [6, 6.07) is 14.6. The predicted molar refractivity (Wildman–Crippen MR) is 84.4 cm³/mol. The second-order valence-corrected chi connectivity index (χ2v) is 4.97. The quantitative estimate of drug-likeness (QED) is 0.825. The number of anilines is 1. The molecule has 0 fully saturated rings. The van der Waals surface area contributed by atoms with Crippen LogP contribution in [0.25, 0.3) is 0 Å². The lowest BCUT2D eigenvalue weighted by Gasteiger charge is -2.14. The summed E-state index contributed by atoms with van der Waals surface area (Å²) in [6.45, 7) is 0.574. The van der Waals surface area contributed by atoms with Crippen molar-refractivity contribution in [2.24, 2.45) is 0 Å². The Balaban J connectivity index is 1.78. The van der Waals surface area contributed by atoms with Crippen LogP contribution >= 0.6 is 11.6 Å². The van der Waals surface area contributed by atoms with Gasteiger partial charge in [0, 0.05) is 23.3 Å². The second kappa shape index (κ2) is 7.76. The van der Waals surface area contributed by atoms with E-state index in [-0.39, 0.29) is 6.61 Å². The average Bonchev–Trinajstić information content (AvgIpc) is 2.51. The molecule has 1 unspecified atom stereocenters. The van der Waals surface area contributed by atoms with Crippen molar-refractivity contribution in [1.82, 2.24) is 0 Å². The maximum absolute atomic E-state index is 9.92. The van der Waals surface area contributed by atoms with Crippen LogP contribution in [0.4, 0.5) is 5.69 Å². The Morgan fingerprint density at radius 1 is 1.14 bits per heavy atom. The monoisotopic (exact) mass is 307 g/mol. The number of aliphatic hydroxyl groups excluding tert-OH is 1. The highest BCUT2D eigenvalue weighted by Crippen LogP contribution is 2.19. The molecule has 2 N–H and O–H groups in total. The molecule has 0 aliphatic heterocycles. The van der Waals surface area contributed by atoms with E-state index in [1.807, 2.05) is 30.3 Å². The molecule has 0 saturated carbocycles. The highest BCUT2D eigenvalue weighted by atomic mass is 35.5. The van der Waals surface area contributed by atoms with Crippen molar-refractivity contribution >= 4 is 17.3 Å². The van der Waals surface area contributed by atoms with Crippen molar-refractivity contribution in [3.63, 3.8) is 0 Å². The van der Waals surface area contributed by atoms with Crippen LogP contribution in [0.2, 0.25) is 5.02 Å². The fourth-order valence-corrected chi connectivity index (χ4v) is 1.97. The van der Waals surface area contributed by atoms with Crippen molar-refractivity contribution in [1.29, 1.82) is 0 Å². The number of hydrogen-bond acceptors (Lipinski definition) is 4. The van der Waals surface area contributed by atoms with E-state index in [2.05, 4.69) is 5.32 Å². The van der Waals surface area contributed by atoms with E-state index in [1.54, 1.807) is 25.3 Å². The first kappa shape index (κ1) is 15.5. The van der Waals surface area contributed by atoms with Crippen LogP contribution in [-0.2, 0) is 0 Å². The van der Waals surface area contributed by atoms with Gasteiger partial charge in [-0.2, -0.15) is 0 Å². The summed E-state index contributed by atoms with van der Waals surface area (Å²) in [5, 5.41) is 13.7. The number of benzene rings is 2. The van der Waals surface area contributed by atoms with Crippen molar-refractivity contribution < 1.29 is 14.6 Å². The van der Waals surface area contributed by atoms with Gasteiger partial charge in [-0.05, 0) is 30.3 Å². The molecule has 0 spiro atoms. The number of methoxy groups -OCH3 is 1. The molecule has 4 nitrogen and oxygen atoms in total. The molecule has 0 aliphatic rings. The second-order valence-electron chi connectivity index (χ2n) is 4.54. The first-order chi connectivity index (χ1) is 10.2. The lowest BCUT2D eigenvalue weighted by atomic mass is 10.3. The number of ether oxygens (including phenoxy) is 2. The van der Waals surface area contributed by atoms with E-state index in [0.717, 1.165) is 11.4 Å². The van der Waals surface area contributed by atoms with Crippen LogP contribution in [-0.4, -0.2) is 31.5 Å². The van der Waals surface area contributed by atoms with Gasteiger partial charge in [0.25, 0.3) is 0 Å². The zero-order valence-electron chi connectivity index (χ0n) is 11.8. The molecule has 0 radical (unpaired) electrons. The largest absolute Gasteiger partial charge is 0.497 e. The number of rotatable bonds is 7. The standard InChI is InChI=1S/C16H18ClNO3/c1-20-15-6-3-7-16(9-15)21-11-14(19)10-18-13-5-2-4-12(17)8-13/h2-9,14,18-19H,10-11H2,1H3. The van der Waals surface area contributed by atoms with Crippen LogP contribution in [0.3, 0.4) is 0 Å². The molecule has 0 amide bonds. The van der Waals surface area contributed by atoms with E-state index in [9.17, 15) is 5.11 Å². The Bertz CT molecular complexity index is 577. The lowest BCUT2D eigenvalue weighted by molar-refractivity contribution is 0.117. The van der Waals surface area contributed by atoms with Gasteiger partial charge in [-0.25, -0.2) is 0 Å². The predicted octanol–water partition coefficient (Wildman–Crippen LogP) is 3.20. The van der Waals surface area contributed by atoms with E-state index in [0.29, 0.717) is 17.3 Å². The maximum Gasteiger partial charge on any atom is 0.123 e. The highest BCUT2D eigenvalue weighted by Gasteiger charge is 2.06. The fourth-order valence-electron chi connectivity index (χ4n) is 1.78. The topological polar surface area (TPSA) is 50.7 Å². The van der Waals surface area contributed by atoms with Gasteiger partial charge >= 0.3 is 0 Å². The fraction of sp³-hybridized carbons (Fsp3) is 0.250. The van der Waals surface area contributed by atoms with Crippen molar-refractivity contribution in [3.8, 4) is 11.5 Å². The van der Waals surface area contributed by atoms with Crippen LogP contribution in [0.15, 0.2) is 48.5 Å². The van der Waals surface area contributed by atoms with Gasteiger partial charge in [0.15, 0.2) is 0 Å². The Kier molecular flexibility index (Phi) is 5.72. The van der Waals surface area contributed by atoms with Gasteiger partial charge in [-0.15, -0.1) is 0 Å². The number of aliphatic hydroxyl groups is 1. The Hall–Kier alpha value is -1.91. The SMILES string of the molecule is COc1cccc(OCC(O)CNc2cccc(Cl)c2)c1. The van der Waals surface area contributed by atoms with Crippen molar-refractivity contribution in [2.75, 3.05) is 25.6 Å². The summed E-state index contributed by atoms with van der Waals surface area (Å²) >= 11 is 5.89. The third kappa shape index (κ3) is 5.17. The first-order valence-corrected chi connectivity index (χ1v) is 6.99. The molecule has 2 rings (SSSR count). The van der Waals surface area contributed by atoms with Crippen molar-refractivity contribution in [2.45, 2.75) is 6.10 Å². The minimum atomic E-state index is -0.629. The normalized spacial score (nSPS) is 11.8. The van der Waals surface area contributed by atoms with Gasteiger partial charge < -0.3 is 19.9 Å². The molecule has 0 aliphatic carbocycles. The minimum absolute atomic E-state index is 0.195. The molecule has 2 aromatic carbocycles. The van der Waals surface area contributed by atoms with Crippen LogP contribution in [0, 0.1) is 0 Å². The van der Waals surface area contributed by atoms with E-state index in [4.69, 9.17) is 21.1 Å². The Morgan fingerprint density at radius 3 is 2.67 bits per heavy atom. The molecule has 2 aromatic rings. The molecule has 5 heteroatoms. The summed E-state index contributed by atoms with van der Waals surface area (Å²) in [4.78, 5) is 0. The van der Waals surface area contributed by atoms with Gasteiger partial charge in [-0.1, -0.05) is 23.7 Å². The summed E-state index contributed by atoms with van der Waals surface area (Å²) < 4.78 is 10.6. The molecule has 0 aromatic heterocycles. The highest BCUT2D eigenvalue weighted by molar-refractivity contribution is 6.30. The zero-order chi connectivity index (χ0) is 15.1. The third-order valence-corrected chi connectivity index (χ3v) is 3.09. The van der Waals surface area contributed by atoms with Crippen molar-refractivity contribution in [3.05, 3.63) is 53.6 Å². The van der Waals surface area contributed by atoms with Crippen LogP contribution in [0.1, 0.15) is 0 Å². The molecular formula is C16H18ClNO3.